The van der Waals surface area contributed by atoms with Crippen LogP contribution in [-0.2, 0) is 4.79 Å². The Morgan fingerprint density at radius 2 is 1.88 bits per heavy atom. The van der Waals surface area contributed by atoms with E-state index in [0.717, 1.165) is 0 Å². The van der Waals surface area contributed by atoms with Gasteiger partial charge < -0.3 is 0 Å². The second-order valence-corrected chi connectivity index (χ2v) is 3.58. The Bertz CT molecular complexity index is 551. The van der Waals surface area contributed by atoms with Gasteiger partial charge in [-0.1, -0.05) is 0 Å². The Labute approximate surface area is 96.9 Å². The zero-order valence-electron chi connectivity index (χ0n) is 12.2. The molecule has 0 radical (unpaired) electrons. The highest BCUT2D eigenvalue weighted by molar-refractivity contribution is 5.79. The van der Waals surface area contributed by atoms with Crippen molar-refractivity contribution < 1.29 is 23.4 Å². The van der Waals surface area contributed by atoms with Gasteiger partial charge in [-0.25, -0.2) is 13.2 Å². The molecule has 0 amide bonds. The minimum Gasteiger partial charge on any atom is -0.300 e. The molecular weight excluding hydrogens is 217 g/mol. The molecule has 86 valence electrons. The number of rotatable bonds is 1. The van der Waals surface area contributed by atoms with Gasteiger partial charge in [-0.2, -0.15) is 0 Å². The van der Waals surface area contributed by atoms with Gasteiger partial charge in [0.05, 0.1) is 0 Å². The van der Waals surface area contributed by atoms with Crippen molar-refractivity contribution in [1.82, 2.24) is 0 Å². The average Bonchev–Trinajstić information content (AvgIpc) is 2.33. The van der Waals surface area contributed by atoms with E-state index >= 15 is 0 Å². The SMILES string of the molecule is [2H]C1([2H])C(=O)CCC(c2cc(F)c(F)c(F)c2)C1([2H])[2H]. The number of benzene rings is 1. The molecule has 0 spiro atoms. The molecule has 1 nitrogen and oxygen atoms in total. The van der Waals surface area contributed by atoms with E-state index in [0.29, 0.717) is 12.1 Å². The van der Waals surface area contributed by atoms with Gasteiger partial charge >= 0.3 is 0 Å². The monoisotopic (exact) mass is 232 g/mol. The summed E-state index contributed by atoms with van der Waals surface area (Å²) in [6.45, 7) is 0. The van der Waals surface area contributed by atoms with E-state index < -0.39 is 41.9 Å². The molecule has 1 atom stereocenters. The van der Waals surface area contributed by atoms with Gasteiger partial charge in [-0.3, -0.25) is 4.79 Å². The summed E-state index contributed by atoms with van der Waals surface area (Å²) < 4.78 is 70.0. The Morgan fingerprint density at radius 1 is 1.25 bits per heavy atom. The van der Waals surface area contributed by atoms with Crippen LogP contribution in [0, 0.1) is 17.5 Å². The fraction of sp³-hybridized carbons (Fsp3) is 0.417. The van der Waals surface area contributed by atoms with Crippen LogP contribution in [0.1, 0.15) is 42.6 Å². The minimum absolute atomic E-state index is 0.0874. The van der Waals surface area contributed by atoms with Crippen LogP contribution in [0.5, 0.6) is 0 Å². The number of carbonyl (C=O) groups excluding carboxylic acids is 1. The van der Waals surface area contributed by atoms with Gasteiger partial charge in [0.1, 0.15) is 5.78 Å². The lowest BCUT2D eigenvalue weighted by atomic mass is 9.83. The second-order valence-electron chi connectivity index (χ2n) is 3.58. The number of halogens is 3. The lowest BCUT2D eigenvalue weighted by molar-refractivity contribution is -0.120. The Balaban J connectivity index is 2.50. The lowest BCUT2D eigenvalue weighted by Crippen LogP contribution is -2.13. The van der Waals surface area contributed by atoms with Crippen LogP contribution in [0.15, 0.2) is 12.1 Å². The van der Waals surface area contributed by atoms with Crippen LogP contribution in [0.3, 0.4) is 0 Å². The summed E-state index contributed by atoms with van der Waals surface area (Å²) in [5.74, 6) is -6.70. The third kappa shape index (κ3) is 2.10. The van der Waals surface area contributed by atoms with Gasteiger partial charge in [0.15, 0.2) is 17.5 Å². The normalized spacial score (nSPS) is 31.2. The Hall–Kier alpha value is -1.32. The van der Waals surface area contributed by atoms with Gasteiger partial charge in [0.2, 0.25) is 0 Å². The average molecular weight is 232 g/mol. The molecule has 2 rings (SSSR count). The van der Waals surface area contributed by atoms with Crippen molar-refractivity contribution in [3.8, 4) is 0 Å². The summed E-state index contributed by atoms with van der Waals surface area (Å²) in [5.41, 5.74) is -0.192. The number of carbonyl (C=O) groups is 1. The molecule has 1 aromatic carbocycles. The highest BCUT2D eigenvalue weighted by Gasteiger charge is 2.22. The molecule has 1 aromatic rings. The molecule has 1 saturated carbocycles. The molecule has 0 saturated heterocycles. The van der Waals surface area contributed by atoms with Crippen molar-refractivity contribution in [2.45, 2.75) is 31.5 Å². The van der Waals surface area contributed by atoms with E-state index in [4.69, 9.17) is 5.48 Å². The van der Waals surface area contributed by atoms with Gasteiger partial charge in [-0.05, 0) is 36.4 Å². The topological polar surface area (TPSA) is 17.1 Å². The molecule has 0 N–H and O–H groups in total. The molecule has 0 bridgehead atoms. The van der Waals surface area contributed by atoms with E-state index in [1.807, 2.05) is 0 Å². The van der Waals surface area contributed by atoms with Crippen molar-refractivity contribution in [2.75, 3.05) is 0 Å². The Morgan fingerprint density at radius 3 is 2.50 bits per heavy atom. The van der Waals surface area contributed by atoms with Crippen LogP contribution in [0.2, 0.25) is 0 Å². The fourth-order valence-corrected chi connectivity index (χ4v) is 1.60. The predicted octanol–water partition coefficient (Wildman–Crippen LogP) is 3.33. The number of hydrogen-bond acceptors (Lipinski definition) is 1. The van der Waals surface area contributed by atoms with Crippen molar-refractivity contribution in [2.24, 2.45) is 0 Å². The highest BCUT2D eigenvalue weighted by atomic mass is 19.2. The summed E-state index contributed by atoms with van der Waals surface area (Å²) in [6, 6.07) is 1.29. The van der Waals surface area contributed by atoms with E-state index in [9.17, 15) is 18.0 Å². The van der Waals surface area contributed by atoms with Crippen molar-refractivity contribution in [3.05, 3.63) is 35.1 Å². The highest BCUT2D eigenvalue weighted by Crippen LogP contribution is 2.32. The molecule has 4 heteroatoms. The van der Waals surface area contributed by atoms with Gasteiger partial charge in [0.25, 0.3) is 0 Å². The summed E-state index contributed by atoms with van der Waals surface area (Å²) in [4.78, 5) is 11.5. The minimum atomic E-state index is -2.75. The first kappa shape index (κ1) is 7.09. The van der Waals surface area contributed by atoms with E-state index in [-0.39, 0.29) is 18.4 Å². The Kier molecular flexibility index (Phi) is 1.90. The first-order valence-electron chi connectivity index (χ1n) is 6.76. The van der Waals surface area contributed by atoms with Crippen molar-refractivity contribution in [3.63, 3.8) is 0 Å². The van der Waals surface area contributed by atoms with Crippen LogP contribution in [0.25, 0.3) is 0 Å². The van der Waals surface area contributed by atoms with E-state index in [1.165, 1.54) is 0 Å². The third-order valence-electron chi connectivity index (χ3n) is 2.45. The van der Waals surface area contributed by atoms with Crippen LogP contribution >= 0.6 is 0 Å². The molecule has 1 aliphatic carbocycles. The molecule has 1 fully saturated rings. The van der Waals surface area contributed by atoms with Gasteiger partial charge in [0, 0.05) is 18.3 Å². The molecule has 16 heavy (non-hydrogen) atoms. The summed E-state index contributed by atoms with van der Waals surface area (Å²) in [7, 11) is 0. The maximum Gasteiger partial charge on any atom is 0.194 e. The van der Waals surface area contributed by atoms with Crippen molar-refractivity contribution >= 4 is 5.78 Å². The molecular formula is C12H11F3O. The maximum atomic E-state index is 13.2. The zero-order chi connectivity index (χ0) is 15.3. The fourth-order valence-electron chi connectivity index (χ4n) is 1.60. The first-order chi connectivity index (χ1) is 9.09. The van der Waals surface area contributed by atoms with E-state index in [2.05, 4.69) is 0 Å². The summed E-state index contributed by atoms with van der Waals surface area (Å²) >= 11 is 0. The summed E-state index contributed by atoms with van der Waals surface area (Å²) in [6.07, 6.45) is -5.70. The predicted molar refractivity (Wildman–Crippen MR) is 52.5 cm³/mol. The smallest absolute Gasteiger partial charge is 0.194 e. The second kappa shape index (κ2) is 4.28. The van der Waals surface area contributed by atoms with Crippen LogP contribution in [0.4, 0.5) is 13.2 Å². The largest absolute Gasteiger partial charge is 0.300 e. The zero-order valence-corrected chi connectivity index (χ0v) is 8.19. The van der Waals surface area contributed by atoms with Crippen molar-refractivity contribution in [1.29, 1.82) is 0 Å². The van der Waals surface area contributed by atoms with Crippen LogP contribution < -0.4 is 0 Å². The first-order valence-corrected chi connectivity index (χ1v) is 4.76. The summed E-state index contributed by atoms with van der Waals surface area (Å²) in [5, 5.41) is 0. The lowest BCUT2D eigenvalue weighted by Gasteiger charge is -2.21. The number of ketones is 1. The van der Waals surface area contributed by atoms with Crippen LogP contribution in [-0.4, -0.2) is 5.78 Å². The van der Waals surface area contributed by atoms with E-state index in [1.54, 1.807) is 0 Å². The molecule has 0 heterocycles. The number of Topliss-reactive ketones (excluding diaryl/α,β-unsaturated/α-hetero) is 1. The molecule has 0 aliphatic heterocycles. The quantitative estimate of drug-likeness (QED) is 0.679. The maximum absolute atomic E-state index is 13.2. The standard InChI is InChI=1S/C12H11F3O/c13-10-5-8(6-11(14)12(10)15)7-1-3-9(16)4-2-7/h5-7H,1-4H2/i1D2,3D2. The molecule has 1 unspecified atom stereocenters. The van der Waals surface area contributed by atoms with Gasteiger partial charge in [-0.15, -0.1) is 0 Å². The molecule has 0 aromatic heterocycles. The molecule has 1 aliphatic rings. The number of hydrogen-bond donors (Lipinski definition) is 0. The third-order valence-corrected chi connectivity index (χ3v) is 2.45.